The third-order valence-electron chi connectivity index (χ3n) is 13.7. The second-order valence-corrected chi connectivity index (χ2v) is 17.6. The van der Waals surface area contributed by atoms with Gasteiger partial charge in [0.05, 0.1) is 5.69 Å². The van der Waals surface area contributed by atoms with Crippen molar-refractivity contribution in [3.8, 4) is 44.5 Å². The van der Waals surface area contributed by atoms with Crippen LogP contribution in [0.25, 0.3) is 77.2 Å². The molecule has 60 heavy (non-hydrogen) atoms. The van der Waals surface area contributed by atoms with Gasteiger partial charge in [-0.2, -0.15) is 0 Å². The molecule has 9 aromatic carbocycles. The molecule has 0 aliphatic heterocycles. The monoisotopic (exact) mass is 769 g/mol. The molecule has 0 saturated carbocycles. The van der Waals surface area contributed by atoms with Gasteiger partial charge in [-0.1, -0.05) is 173 Å². The topological polar surface area (TPSA) is 16.4 Å². The molecule has 1 aromatic heterocycles. The molecule has 0 atom stereocenters. The number of hydrogen-bond acceptors (Lipinski definition) is 2. The van der Waals surface area contributed by atoms with Crippen molar-refractivity contribution in [3.63, 3.8) is 0 Å². The number of rotatable bonds is 5. The number of para-hydroxylation sites is 1. The zero-order chi connectivity index (χ0) is 40.3. The van der Waals surface area contributed by atoms with Gasteiger partial charge < -0.3 is 9.32 Å². The number of furan rings is 1. The van der Waals surface area contributed by atoms with Gasteiger partial charge in [-0.3, -0.25) is 0 Å². The molecule has 0 saturated heterocycles. The summed E-state index contributed by atoms with van der Waals surface area (Å²) in [5.74, 6) is 0. The summed E-state index contributed by atoms with van der Waals surface area (Å²) < 4.78 is 6.71. The summed E-state index contributed by atoms with van der Waals surface area (Å²) in [6.07, 6.45) is 0. The first kappa shape index (κ1) is 34.8. The second-order valence-electron chi connectivity index (χ2n) is 17.6. The van der Waals surface area contributed by atoms with E-state index in [1.54, 1.807) is 0 Å². The fourth-order valence-corrected chi connectivity index (χ4v) is 10.8. The largest absolute Gasteiger partial charge is 0.455 e. The van der Waals surface area contributed by atoms with Crippen molar-refractivity contribution < 1.29 is 4.42 Å². The van der Waals surface area contributed by atoms with E-state index in [0.29, 0.717) is 0 Å². The standard InChI is InChI=1S/C58H43NO/c1-57(2)49-23-10-7-17-42(49)44-34-32-39(35-51(44)57)59(38-30-27-37(28-31-38)40-20-13-22-47-43-18-8-11-24-50(43)58(3,4)55(40)47)52-25-12-9-19-45(52)46-21-14-26-53-54(46)48-33-29-36-15-5-6-16-41(36)56(48)60-53/h5-35H,1-4H3. The maximum atomic E-state index is 6.71. The number of nitrogens with zero attached hydrogens (tertiary/aromatic N) is 1. The Bertz CT molecular complexity index is 3380. The minimum absolute atomic E-state index is 0.106. The lowest BCUT2D eigenvalue weighted by molar-refractivity contribution is 0.660. The van der Waals surface area contributed by atoms with E-state index in [4.69, 9.17) is 4.42 Å². The number of fused-ring (bicyclic) bond motifs is 11. The smallest absolute Gasteiger partial charge is 0.143 e. The van der Waals surface area contributed by atoms with E-state index < -0.39 is 0 Å². The molecule has 0 unspecified atom stereocenters. The van der Waals surface area contributed by atoms with Gasteiger partial charge in [0.25, 0.3) is 0 Å². The van der Waals surface area contributed by atoms with Crippen LogP contribution in [0.1, 0.15) is 49.9 Å². The fraction of sp³-hybridized carbons (Fsp3) is 0.103. The molecule has 0 spiro atoms. The van der Waals surface area contributed by atoms with Crippen LogP contribution in [0.5, 0.6) is 0 Å². The molecule has 2 nitrogen and oxygen atoms in total. The summed E-state index contributed by atoms with van der Waals surface area (Å²) in [6, 6.07) is 69.3. The zero-order valence-corrected chi connectivity index (χ0v) is 34.3. The Morgan fingerprint density at radius 3 is 1.82 bits per heavy atom. The van der Waals surface area contributed by atoms with E-state index in [1.165, 1.54) is 61.0 Å². The quantitative estimate of drug-likeness (QED) is 0.173. The summed E-state index contributed by atoms with van der Waals surface area (Å²) in [6.45, 7) is 9.46. The lowest BCUT2D eigenvalue weighted by Gasteiger charge is -2.30. The Morgan fingerprint density at radius 2 is 1.00 bits per heavy atom. The van der Waals surface area contributed by atoms with E-state index in [2.05, 4.69) is 221 Å². The maximum Gasteiger partial charge on any atom is 0.143 e. The van der Waals surface area contributed by atoms with Gasteiger partial charge >= 0.3 is 0 Å². The van der Waals surface area contributed by atoms with Crippen LogP contribution in [-0.4, -0.2) is 0 Å². The summed E-state index contributed by atoms with van der Waals surface area (Å²) in [5, 5.41) is 4.57. The highest BCUT2D eigenvalue weighted by atomic mass is 16.3. The Labute approximate surface area is 351 Å². The Kier molecular flexibility index (Phi) is 7.36. The Morgan fingerprint density at radius 1 is 0.400 bits per heavy atom. The van der Waals surface area contributed by atoms with E-state index in [0.717, 1.165) is 55.5 Å². The van der Waals surface area contributed by atoms with Crippen molar-refractivity contribution in [3.05, 3.63) is 210 Å². The molecule has 2 aliphatic rings. The predicted molar refractivity (Wildman–Crippen MR) is 252 cm³/mol. The molecule has 10 aromatic rings. The number of benzene rings is 9. The predicted octanol–water partition coefficient (Wildman–Crippen LogP) is 16.2. The van der Waals surface area contributed by atoms with Gasteiger partial charge in [0.15, 0.2) is 0 Å². The van der Waals surface area contributed by atoms with Crippen LogP contribution >= 0.6 is 0 Å². The van der Waals surface area contributed by atoms with Gasteiger partial charge in [-0.05, 0) is 109 Å². The maximum absolute atomic E-state index is 6.71. The molecule has 0 bridgehead atoms. The molecule has 0 N–H and O–H groups in total. The molecule has 12 rings (SSSR count). The van der Waals surface area contributed by atoms with Crippen LogP contribution in [0.15, 0.2) is 192 Å². The van der Waals surface area contributed by atoms with Gasteiger partial charge in [0.1, 0.15) is 11.2 Å². The molecule has 2 heteroatoms. The molecule has 2 aliphatic carbocycles. The number of hydrogen-bond donors (Lipinski definition) is 0. The van der Waals surface area contributed by atoms with Gasteiger partial charge in [0, 0.05) is 43.9 Å². The zero-order valence-electron chi connectivity index (χ0n) is 34.3. The normalized spacial score (nSPS) is 14.3. The van der Waals surface area contributed by atoms with Crippen molar-refractivity contribution >= 4 is 49.8 Å². The third-order valence-corrected chi connectivity index (χ3v) is 13.7. The van der Waals surface area contributed by atoms with Crippen molar-refractivity contribution in [2.45, 2.75) is 38.5 Å². The van der Waals surface area contributed by atoms with Gasteiger partial charge in [-0.25, -0.2) is 0 Å². The van der Waals surface area contributed by atoms with Crippen LogP contribution < -0.4 is 4.90 Å². The fourth-order valence-electron chi connectivity index (χ4n) is 10.8. The van der Waals surface area contributed by atoms with Crippen molar-refractivity contribution in [1.29, 1.82) is 0 Å². The molecular formula is C58H43NO. The Balaban J connectivity index is 1.06. The van der Waals surface area contributed by atoms with Crippen LogP contribution in [0, 0.1) is 0 Å². The molecular weight excluding hydrogens is 727 g/mol. The summed E-state index contributed by atoms with van der Waals surface area (Å²) >= 11 is 0. The lowest BCUT2D eigenvalue weighted by atomic mass is 9.79. The average molecular weight is 770 g/mol. The highest BCUT2D eigenvalue weighted by molar-refractivity contribution is 6.19. The SMILES string of the molecule is CC1(C)c2ccccc2-c2ccc(N(c3ccc(-c4cccc5c4C(C)(C)c4ccccc4-5)cc3)c3ccccc3-c3cccc4oc5c6ccccc6ccc5c34)cc21. The molecule has 0 amide bonds. The van der Waals surface area contributed by atoms with Crippen LogP contribution in [0.4, 0.5) is 17.1 Å². The molecule has 286 valence electrons. The van der Waals surface area contributed by atoms with Crippen molar-refractivity contribution in [1.82, 2.24) is 0 Å². The molecule has 0 radical (unpaired) electrons. The Hall–Kier alpha value is -7.16. The minimum atomic E-state index is -0.140. The van der Waals surface area contributed by atoms with Crippen molar-refractivity contribution in [2.24, 2.45) is 0 Å². The average Bonchev–Trinajstić information content (AvgIpc) is 3.87. The minimum Gasteiger partial charge on any atom is -0.455 e. The van der Waals surface area contributed by atoms with Crippen LogP contribution in [-0.2, 0) is 10.8 Å². The highest BCUT2D eigenvalue weighted by Gasteiger charge is 2.38. The lowest BCUT2D eigenvalue weighted by Crippen LogP contribution is -2.17. The summed E-state index contributed by atoms with van der Waals surface area (Å²) in [5.41, 5.74) is 20.5. The molecule has 0 fully saturated rings. The van der Waals surface area contributed by atoms with Gasteiger partial charge in [-0.15, -0.1) is 0 Å². The van der Waals surface area contributed by atoms with Crippen molar-refractivity contribution in [2.75, 3.05) is 4.90 Å². The first-order valence-electron chi connectivity index (χ1n) is 21.1. The molecule has 1 heterocycles. The summed E-state index contributed by atoms with van der Waals surface area (Å²) in [7, 11) is 0. The second kappa shape index (κ2) is 12.7. The highest BCUT2D eigenvalue weighted by Crippen LogP contribution is 2.54. The van der Waals surface area contributed by atoms with Crippen LogP contribution in [0.2, 0.25) is 0 Å². The first-order valence-corrected chi connectivity index (χ1v) is 21.1. The third kappa shape index (κ3) is 4.88. The van der Waals surface area contributed by atoms with Crippen LogP contribution in [0.3, 0.4) is 0 Å². The first-order chi connectivity index (χ1) is 29.3. The van der Waals surface area contributed by atoms with E-state index in [-0.39, 0.29) is 10.8 Å². The van der Waals surface area contributed by atoms with E-state index in [1.807, 2.05) is 0 Å². The number of anilines is 3. The summed E-state index contributed by atoms with van der Waals surface area (Å²) in [4.78, 5) is 2.46. The van der Waals surface area contributed by atoms with E-state index >= 15 is 0 Å². The van der Waals surface area contributed by atoms with Gasteiger partial charge in [0.2, 0.25) is 0 Å². The van der Waals surface area contributed by atoms with E-state index in [9.17, 15) is 0 Å².